The number of para-hydroxylation sites is 2. The second-order valence-corrected chi connectivity index (χ2v) is 6.23. The Morgan fingerprint density at radius 2 is 2.00 bits per heavy atom. The summed E-state index contributed by atoms with van der Waals surface area (Å²) in [5, 5.41) is 13.7. The number of nitrogens with zero attached hydrogens (tertiary/aromatic N) is 1. The summed E-state index contributed by atoms with van der Waals surface area (Å²) in [5.74, 6) is -0.397. The molecule has 10 heteroatoms. The fraction of sp³-hybridized carbons (Fsp3) is 0.222. The number of nitro benzene ring substituents is 1. The standard InChI is InChI=1S/C18H15ClN2O7/c19-11-5-6-14(21(24)25)13(7-11)18(23)27-10-17(22)20-8-12-9-26-15-3-1-2-4-16(15)28-12/h1-7,12H,8-10H2,(H,20,22)/t12-/m0/s1. The normalized spacial score (nSPS) is 14.8. The second-order valence-electron chi connectivity index (χ2n) is 5.80. The van der Waals surface area contributed by atoms with Crippen molar-refractivity contribution in [2.75, 3.05) is 19.8 Å². The predicted molar refractivity (Wildman–Crippen MR) is 97.8 cm³/mol. The highest BCUT2D eigenvalue weighted by atomic mass is 35.5. The molecule has 1 amide bonds. The van der Waals surface area contributed by atoms with Crippen LogP contribution in [0.15, 0.2) is 42.5 Å². The Morgan fingerprint density at radius 1 is 1.25 bits per heavy atom. The Labute approximate surface area is 164 Å². The summed E-state index contributed by atoms with van der Waals surface area (Å²) < 4.78 is 16.1. The molecule has 146 valence electrons. The zero-order valence-corrected chi connectivity index (χ0v) is 15.2. The number of benzene rings is 2. The first-order valence-corrected chi connectivity index (χ1v) is 8.58. The van der Waals surface area contributed by atoms with Crippen molar-refractivity contribution in [3.8, 4) is 11.5 Å². The largest absolute Gasteiger partial charge is 0.486 e. The third kappa shape index (κ3) is 4.68. The molecule has 0 aliphatic carbocycles. The fourth-order valence-corrected chi connectivity index (χ4v) is 2.65. The number of hydrogen-bond acceptors (Lipinski definition) is 7. The van der Waals surface area contributed by atoms with Crippen molar-refractivity contribution in [1.29, 1.82) is 0 Å². The van der Waals surface area contributed by atoms with Crippen molar-refractivity contribution in [3.05, 3.63) is 63.2 Å². The van der Waals surface area contributed by atoms with E-state index in [4.69, 9.17) is 25.8 Å². The van der Waals surface area contributed by atoms with Crippen molar-refractivity contribution in [1.82, 2.24) is 5.32 Å². The van der Waals surface area contributed by atoms with Gasteiger partial charge in [-0.2, -0.15) is 0 Å². The molecular weight excluding hydrogens is 392 g/mol. The van der Waals surface area contributed by atoms with Crippen molar-refractivity contribution < 1.29 is 28.7 Å². The number of nitro groups is 1. The number of esters is 1. The Morgan fingerprint density at radius 3 is 2.75 bits per heavy atom. The van der Waals surface area contributed by atoms with Crippen LogP contribution in [0.2, 0.25) is 5.02 Å². The topological polar surface area (TPSA) is 117 Å². The van der Waals surface area contributed by atoms with Gasteiger partial charge in [0, 0.05) is 11.1 Å². The zero-order chi connectivity index (χ0) is 20.1. The molecule has 2 aromatic carbocycles. The van der Waals surface area contributed by atoms with Gasteiger partial charge in [0.15, 0.2) is 18.1 Å². The van der Waals surface area contributed by atoms with Gasteiger partial charge in [0.1, 0.15) is 18.3 Å². The van der Waals surface area contributed by atoms with Gasteiger partial charge in [0.2, 0.25) is 0 Å². The van der Waals surface area contributed by atoms with Crippen LogP contribution in [0.5, 0.6) is 11.5 Å². The molecule has 3 rings (SSSR count). The van der Waals surface area contributed by atoms with Crippen LogP contribution in [-0.4, -0.2) is 42.7 Å². The lowest BCUT2D eigenvalue weighted by Gasteiger charge is -2.26. The molecule has 0 saturated carbocycles. The lowest BCUT2D eigenvalue weighted by Crippen LogP contribution is -2.42. The predicted octanol–water partition coefficient (Wildman–Crippen LogP) is 2.36. The molecule has 0 radical (unpaired) electrons. The molecule has 1 atom stereocenters. The maximum atomic E-state index is 12.1. The number of hydrogen-bond donors (Lipinski definition) is 1. The average Bonchev–Trinajstić information content (AvgIpc) is 2.70. The highest BCUT2D eigenvalue weighted by molar-refractivity contribution is 6.31. The SMILES string of the molecule is O=C(COC(=O)c1cc(Cl)ccc1[N+](=O)[O-])NC[C@H]1COc2ccccc2O1. The van der Waals surface area contributed by atoms with Gasteiger partial charge in [-0.1, -0.05) is 23.7 Å². The molecule has 1 heterocycles. The molecule has 0 fully saturated rings. The molecule has 0 saturated heterocycles. The maximum absolute atomic E-state index is 12.1. The number of ether oxygens (including phenoxy) is 3. The van der Waals surface area contributed by atoms with Gasteiger partial charge in [-0.15, -0.1) is 0 Å². The minimum atomic E-state index is -1.02. The molecule has 2 aromatic rings. The summed E-state index contributed by atoms with van der Waals surface area (Å²) >= 11 is 5.76. The summed E-state index contributed by atoms with van der Waals surface area (Å²) in [6.07, 6.45) is -0.399. The third-order valence-corrected chi connectivity index (χ3v) is 4.04. The van der Waals surface area contributed by atoms with E-state index < -0.39 is 35.2 Å². The summed E-state index contributed by atoms with van der Waals surface area (Å²) in [6.45, 7) is -0.208. The van der Waals surface area contributed by atoms with E-state index in [0.717, 1.165) is 12.1 Å². The molecule has 1 aliphatic rings. The van der Waals surface area contributed by atoms with E-state index >= 15 is 0 Å². The first-order valence-electron chi connectivity index (χ1n) is 8.20. The number of carbonyl (C=O) groups excluding carboxylic acids is 2. The lowest BCUT2D eigenvalue weighted by atomic mass is 10.2. The van der Waals surface area contributed by atoms with Crippen LogP contribution in [0.25, 0.3) is 0 Å². The van der Waals surface area contributed by atoms with Crippen LogP contribution in [0, 0.1) is 10.1 Å². The van der Waals surface area contributed by atoms with E-state index in [1.807, 2.05) is 6.07 Å². The molecule has 0 aromatic heterocycles. The number of amides is 1. The number of rotatable bonds is 6. The van der Waals surface area contributed by atoms with Crippen LogP contribution in [0.1, 0.15) is 10.4 Å². The number of carbonyl (C=O) groups is 2. The number of nitrogens with one attached hydrogen (secondary N) is 1. The summed E-state index contributed by atoms with van der Waals surface area (Å²) in [4.78, 5) is 34.2. The van der Waals surface area contributed by atoms with Crippen LogP contribution in [0.4, 0.5) is 5.69 Å². The molecule has 28 heavy (non-hydrogen) atoms. The molecular formula is C18H15ClN2O7. The maximum Gasteiger partial charge on any atom is 0.345 e. The van der Waals surface area contributed by atoms with Gasteiger partial charge >= 0.3 is 5.97 Å². The van der Waals surface area contributed by atoms with E-state index in [0.29, 0.717) is 11.5 Å². The summed E-state index contributed by atoms with van der Waals surface area (Å²) in [5.41, 5.74) is -0.785. The molecule has 9 nitrogen and oxygen atoms in total. The van der Waals surface area contributed by atoms with E-state index in [1.54, 1.807) is 18.2 Å². The van der Waals surface area contributed by atoms with Gasteiger partial charge in [0.05, 0.1) is 11.5 Å². The monoisotopic (exact) mass is 406 g/mol. The smallest absolute Gasteiger partial charge is 0.345 e. The van der Waals surface area contributed by atoms with Crippen LogP contribution in [-0.2, 0) is 9.53 Å². The van der Waals surface area contributed by atoms with Crippen molar-refractivity contribution in [2.24, 2.45) is 0 Å². The molecule has 0 unspecified atom stereocenters. The Bertz CT molecular complexity index is 919. The van der Waals surface area contributed by atoms with Crippen LogP contribution >= 0.6 is 11.6 Å². The highest BCUT2D eigenvalue weighted by Gasteiger charge is 2.24. The molecule has 1 aliphatic heterocycles. The van der Waals surface area contributed by atoms with E-state index in [1.165, 1.54) is 6.07 Å². The molecule has 0 bridgehead atoms. The van der Waals surface area contributed by atoms with E-state index in [2.05, 4.69) is 5.32 Å². The number of fused-ring (bicyclic) bond motifs is 1. The highest BCUT2D eigenvalue weighted by Crippen LogP contribution is 2.30. The first kappa shape index (κ1) is 19.4. The van der Waals surface area contributed by atoms with E-state index in [9.17, 15) is 19.7 Å². The second kappa shape index (κ2) is 8.57. The van der Waals surface area contributed by atoms with Gasteiger partial charge in [-0.05, 0) is 24.3 Å². The van der Waals surface area contributed by atoms with Gasteiger partial charge in [-0.25, -0.2) is 4.79 Å². The molecule has 0 spiro atoms. The van der Waals surface area contributed by atoms with E-state index in [-0.39, 0.29) is 23.7 Å². The van der Waals surface area contributed by atoms with Crippen molar-refractivity contribution in [2.45, 2.75) is 6.10 Å². The first-order chi connectivity index (χ1) is 13.4. The van der Waals surface area contributed by atoms with Gasteiger partial charge in [-0.3, -0.25) is 14.9 Å². The molecule has 1 N–H and O–H groups in total. The Balaban J connectivity index is 1.49. The van der Waals surface area contributed by atoms with Gasteiger partial charge < -0.3 is 19.5 Å². The summed E-state index contributed by atoms with van der Waals surface area (Å²) in [7, 11) is 0. The fourth-order valence-electron chi connectivity index (χ4n) is 2.48. The lowest BCUT2D eigenvalue weighted by molar-refractivity contribution is -0.385. The summed E-state index contributed by atoms with van der Waals surface area (Å²) in [6, 6.07) is 10.7. The van der Waals surface area contributed by atoms with Gasteiger partial charge in [0.25, 0.3) is 11.6 Å². The average molecular weight is 407 g/mol. The van der Waals surface area contributed by atoms with Crippen molar-refractivity contribution in [3.63, 3.8) is 0 Å². The Hall–Kier alpha value is -3.33. The minimum Gasteiger partial charge on any atom is -0.486 e. The van der Waals surface area contributed by atoms with Crippen LogP contribution < -0.4 is 14.8 Å². The Kier molecular flexibility index (Phi) is 5.95. The quantitative estimate of drug-likeness (QED) is 0.444. The van der Waals surface area contributed by atoms with Crippen LogP contribution in [0.3, 0.4) is 0 Å². The minimum absolute atomic E-state index is 0.136. The third-order valence-electron chi connectivity index (χ3n) is 3.80. The number of halogens is 1. The van der Waals surface area contributed by atoms with Crippen molar-refractivity contribution >= 4 is 29.2 Å². The zero-order valence-electron chi connectivity index (χ0n) is 14.4.